The second kappa shape index (κ2) is 6.16. The third-order valence-electron chi connectivity index (χ3n) is 2.69. The van der Waals surface area contributed by atoms with Gasteiger partial charge in [-0.25, -0.2) is 4.98 Å². The van der Waals surface area contributed by atoms with Crippen molar-refractivity contribution >= 4 is 38.8 Å². The Hall–Kier alpha value is -1.40. The first kappa shape index (κ1) is 14.0. The van der Waals surface area contributed by atoms with Crippen LogP contribution in [0.5, 0.6) is 0 Å². The lowest BCUT2D eigenvalue weighted by atomic mass is 10.1. The number of nitrogens with two attached hydrogens (primary N) is 1. The molecule has 100 valence electrons. The average molecular weight is 339 g/mol. The predicted octanol–water partition coefficient (Wildman–Crippen LogP) is 2.78. The Morgan fingerprint density at radius 1 is 1.58 bits per heavy atom. The summed E-state index contributed by atoms with van der Waals surface area (Å²) in [6.07, 6.45) is 5.51. The van der Waals surface area contributed by atoms with E-state index in [2.05, 4.69) is 33.2 Å². The van der Waals surface area contributed by atoms with Crippen LogP contribution in [-0.4, -0.2) is 20.6 Å². The SMILES string of the molecule is CC(Cn1ccnc1)Nc1cc(Br)ccc1C(N)=S. The number of aromatic nitrogens is 2. The van der Waals surface area contributed by atoms with Crippen LogP contribution in [0.1, 0.15) is 12.5 Å². The number of hydrogen-bond donors (Lipinski definition) is 2. The summed E-state index contributed by atoms with van der Waals surface area (Å²) in [7, 11) is 0. The number of hydrogen-bond acceptors (Lipinski definition) is 3. The van der Waals surface area contributed by atoms with Gasteiger partial charge >= 0.3 is 0 Å². The first-order chi connectivity index (χ1) is 9.06. The number of rotatable bonds is 5. The van der Waals surface area contributed by atoms with E-state index < -0.39 is 0 Å². The fraction of sp³-hybridized carbons (Fsp3) is 0.231. The molecule has 1 aromatic heterocycles. The van der Waals surface area contributed by atoms with Crippen molar-refractivity contribution < 1.29 is 0 Å². The number of benzene rings is 1. The van der Waals surface area contributed by atoms with Gasteiger partial charge in [0.25, 0.3) is 0 Å². The molecular weight excluding hydrogens is 324 g/mol. The molecule has 0 bridgehead atoms. The normalized spacial score (nSPS) is 12.1. The molecule has 1 heterocycles. The summed E-state index contributed by atoms with van der Waals surface area (Å²) >= 11 is 8.53. The van der Waals surface area contributed by atoms with Gasteiger partial charge in [0.1, 0.15) is 4.99 Å². The maximum Gasteiger partial charge on any atom is 0.106 e. The molecule has 6 heteroatoms. The molecular formula is C13H15BrN4S. The van der Waals surface area contributed by atoms with Gasteiger partial charge in [-0.05, 0) is 25.1 Å². The zero-order chi connectivity index (χ0) is 13.8. The number of nitrogens with one attached hydrogen (secondary N) is 1. The van der Waals surface area contributed by atoms with E-state index in [0.29, 0.717) is 4.99 Å². The van der Waals surface area contributed by atoms with Gasteiger partial charge in [-0.15, -0.1) is 0 Å². The van der Waals surface area contributed by atoms with E-state index in [1.54, 1.807) is 12.5 Å². The maximum absolute atomic E-state index is 5.74. The molecule has 0 amide bonds. The third-order valence-corrected chi connectivity index (χ3v) is 3.41. The lowest BCUT2D eigenvalue weighted by molar-refractivity contribution is 0.619. The number of imidazole rings is 1. The zero-order valence-electron chi connectivity index (χ0n) is 10.5. The van der Waals surface area contributed by atoms with E-state index in [-0.39, 0.29) is 6.04 Å². The lowest BCUT2D eigenvalue weighted by Crippen LogP contribution is -2.23. The fourth-order valence-corrected chi connectivity index (χ4v) is 2.41. The molecule has 0 saturated heterocycles. The minimum Gasteiger partial charge on any atom is -0.389 e. The first-order valence-corrected chi connectivity index (χ1v) is 7.08. The molecule has 0 saturated carbocycles. The van der Waals surface area contributed by atoms with Gasteiger partial charge in [-0.2, -0.15) is 0 Å². The van der Waals surface area contributed by atoms with Gasteiger partial charge in [-0.1, -0.05) is 28.1 Å². The standard InChI is InChI=1S/C13H15BrN4S/c1-9(7-18-5-4-16-8-18)17-12-6-10(14)2-3-11(12)13(15)19/h2-6,8-9,17H,7H2,1H3,(H2,15,19). The van der Waals surface area contributed by atoms with Crippen molar-refractivity contribution in [2.75, 3.05) is 5.32 Å². The molecule has 1 atom stereocenters. The Morgan fingerprint density at radius 3 is 3.00 bits per heavy atom. The van der Waals surface area contributed by atoms with Gasteiger partial charge in [-0.3, -0.25) is 0 Å². The predicted molar refractivity (Wildman–Crippen MR) is 85.3 cm³/mol. The van der Waals surface area contributed by atoms with Crippen LogP contribution in [0.15, 0.2) is 41.4 Å². The first-order valence-electron chi connectivity index (χ1n) is 5.88. The van der Waals surface area contributed by atoms with Gasteiger partial charge in [0.2, 0.25) is 0 Å². The molecule has 0 aliphatic carbocycles. The second-order valence-electron chi connectivity index (χ2n) is 4.36. The van der Waals surface area contributed by atoms with Gasteiger partial charge in [0.15, 0.2) is 0 Å². The highest BCUT2D eigenvalue weighted by atomic mass is 79.9. The molecule has 0 spiro atoms. The molecule has 0 aliphatic rings. The Morgan fingerprint density at radius 2 is 2.37 bits per heavy atom. The second-order valence-corrected chi connectivity index (χ2v) is 5.71. The third kappa shape index (κ3) is 3.78. The van der Waals surface area contributed by atoms with Crippen LogP contribution in [0.2, 0.25) is 0 Å². The van der Waals surface area contributed by atoms with E-state index in [1.807, 2.05) is 29.0 Å². The Labute approximate surface area is 126 Å². The number of halogens is 1. The molecule has 19 heavy (non-hydrogen) atoms. The molecule has 0 fully saturated rings. The highest BCUT2D eigenvalue weighted by molar-refractivity contribution is 9.10. The van der Waals surface area contributed by atoms with Gasteiger partial charge in [0, 0.05) is 40.7 Å². The lowest BCUT2D eigenvalue weighted by Gasteiger charge is -2.18. The van der Waals surface area contributed by atoms with E-state index >= 15 is 0 Å². The van der Waals surface area contributed by atoms with Crippen molar-refractivity contribution in [3.8, 4) is 0 Å². The van der Waals surface area contributed by atoms with Crippen LogP contribution in [0.25, 0.3) is 0 Å². The van der Waals surface area contributed by atoms with Crippen LogP contribution < -0.4 is 11.1 Å². The monoisotopic (exact) mass is 338 g/mol. The highest BCUT2D eigenvalue weighted by Crippen LogP contribution is 2.22. The van der Waals surface area contributed by atoms with Gasteiger partial charge in [0.05, 0.1) is 6.33 Å². The molecule has 3 N–H and O–H groups in total. The van der Waals surface area contributed by atoms with Crippen LogP contribution in [-0.2, 0) is 6.54 Å². The van der Waals surface area contributed by atoms with E-state index in [0.717, 1.165) is 22.3 Å². The summed E-state index contributed by atoms with van der Waals surface area (Å²) in [5.74, 6) is 0. The van der Waals surface area contributed by atoms with Crippen molar-refractivity contribution in [3.05, 3.63) is 47.0 Å². The summed E-state index contributed by atoms with van der Waals surface area (Å²) in [4.78, 5) is 4.42. The number of nitrogens with zero attached hydrogens (tertiary/aromatic N) is 2. The minimum absolute atomic E-state index is 0.233. The van der Waals surface area contributed by atoms with Crippen molar-refractivity contribution in [3.63, 3.8) is 0 Å². The molecule has 0 aliphatic heterocycles. The largest absolute Gasteiger partial charge is 0.389 e. The Kier molecular flexibility index (Phi) is 4.55. The van der Waals surface area contributed by atoms with Crippen LogP contribution in [0, 0.1) is 0 Å². The molecule has 1 aromatic carbocycles. The zero-order valence-corrected chi connectivity index (χ0v) is 12.9. The molecule has 4 nitrogen and oxygen atoms in total. The summed E-state index contributed by atoms with van der Waals surface area (Å²) in [5.41, 5.74) is 7.53. The van der Waals surface area contributed by atoms with Crippen molar-refractivity contribution in [1.82, 2.24) is 9.55 Å². The van der Waals surface area contributed by atoms with Crippen LogP contribution >= 0.6 is 28.1 Å². The fourth-order valence-electron chi connectivity index (χ4n) is 1.87. The number of anilines is 1. The molecule has 2 rings (SSSR count). The summed E-state index contributed by atoms with van der Waals surface area (Å²) in [6.45, 7) is 2.92. The quantitative estimate of drug-likeness (QED) is 0.823. The van der Waals surface area contributed by atoms with Crippen molar-refractivity contribution in [2.24, 2.45) is 5.73 Å². The van der Waals surface area contributed by atoms with E-state index in [1.165, 1.54) is 0 Å². The topological polar surface area (TPSA) is 55.9 Å². The molecule has 0 radical (unpaired) electrons. The van der Waals surface area contributed by atoms with Crippen LogP contribution in [0.3, 0.4) is 0 Å². The average Bonchev–Trinajstić information content (AvgIpc) is 2.81. The smallest absolute Gasteiger partial charge is 0.106 e. The Bertz CT molecular complexity index is 568. The Balaban J connectivity index is 2.13. The van der Waals surface area contributed by atoms with Gasteiger partial charge < -0.3 is 15.6 Å². The minimum atomic E-state index is 0.233. The summed E-state index contributed by atoms with van der Waals surface area (Å²) in [6, 6.07) is 6.06. The molecule has 2 aromatic rings. The summed E-state index contributed by atoms with van der Waals surface area (Å²) in [5, 5.41) is 3.42. The van der Waals surface area contributed by atoms with E-state index in [9.17, 15) is 0 Å². The number of thiocarbonyl (C=S) groups is 1. The summed E-state index contributed by atoms with van der Waals surface area (Å²) < 4.78 is 3.01. The van der Waals surface area contributed by atoms with Crippen molar-refractivity contribution in [1.29, 1.82) is 0 Å². The van der Waals surface area contributed by atoms with Crippen molar-refractivity contribution in [2.45, 2.75) is 19.5 Å². The maximum atomic E-state index is 5.74. The highest BCUT2D eigenvalue weighted by Gasteiger charge is 2.09. The van der Waals surface area contributed by atoms with Crippen LogP contribution in [0.4, 0.5) is 5.69 Å². The van der Waals surface area contributed by atoms with E-state index in [4.69, 9.17) is 18.0 Å². The molecule has 1 unspecified atom stereocenters.